The molecule has 0 amide bonds. The molecule has 0 saturated heterocycles. The molecule has 1 heterocycles. The maximum atomic E-state index is 2.49. The van der Waals surface area contributed by atoms with Gasteiger partial charge in [-0.1, -0.05) is 237 Å². The van der Waals surface area contributed by atoms with E-state index in [-0.39, 0.29) is 5.92 Å². The van der Waals surface area contributed by atoms with Crippen molar-refractivity contribution in [1.29, 1.82) is 0 Å². The number of para-hydroxylation sites is 1. The van der Waals surface area contributed by atoms with Crippen LogP contribution in [0.5, 0.6) is 0 Å². The maximum absolute atomic E-state index is 2.49. The summed E-state index contributed by atoms with van der Waals surface area (Å²) in [5.74, 6) is -0.0157. The first-order valence-corrected chi connectivity index (χ1v) is 24.3. The van der Waals surface area contributed by atoms with Crippen molar-refractivity contribution in [2.45, 2.75) is 5.92 Å². The van der Waals surface area contributed by atoms with Crippen LogP contribution in [0, 0.1) is 0 Å². The molecule has 0 radical (unpaired) electrons. The first kappa shape index (κ1) is 41.2. The van der Waals surface area contributed by atoms with E-state index in [4.69, 9.17) is 0 Å². The van der Waals surface area contributed by atoms with Gasteiger partial charge in [0.25, 0.3) is 0 Å². The van der Waals surface area contributed by atoms with Gasteiger partial charge in [-0.3, -0.25) is 0 Å². The number of nitrogens with zero attached hydrogens (tertiary/aromatic N) is 1. The molecule has 0 spiro atoms. The Labute approximate surface area is 408 Å². The summed E-state index contributed by atoms with van der Waals surface area (Å²) in [7, 11) is 0. The van der Waals surface area contributed by atoms with Crippen LogP contribution in [0.25, 0.3) is 105 Å². The molecular weight excluding hydrogens is 843 g/mol. The fourth-order valence-corrected chi connectivity index (χ4v) is 11.1. The zero-order chi connectivity index (χ0) is 46.4. The summed E-state index contributed by atoms with van der Waals surface area (Å²) < 4.78 is 2.43. The molecule has 1 heteroatoms. The highest BCUT2D eigenvalue weighted by Crippen LogP contribution is 2.47. The van der Waals surface area contributed by atoms with Gasteiger partial charge >= 0.3 is 0 Å². The second kappa shape index (κ2) is 17.6. The average molecular weight is 890 g/mol. The van der Waals surface area contributed by atoms with Gasteiger partial charge in [-0.25, -0.2) is 0 Å². The largest absolute Gasteiger partial charge is 0.309 e. The van der Waals surface area contributed by atoms with Gasteiger partial charge in [0.1, 0.15) is 0 Å². The summed E-state index contributed by atoms with van der Waals surface area (Å²) in [6.45, 7) is 0. The van der Waals surface area contributed by atoms with Crippen LogP contribution in [0.3, 0.4) is 0 Å². The molecule has 13 aromatic rings. The topological polar surface area (TPSA) is 4.93 Å². The van der Waals surface area contributed by atoms with E-state index in [2.05, 4.69) is 284 Å². The molecule has 328 valence electrons. The normalized spacial score (nSPS) is 11.6. The standard InChI is InChI=1S/C69H47N/c1-5-20-47(21-6-1)52-28-19-29-53(44-52)54-39-43-66-63(45-54)58-30-17-18-35-65(58)70(66)56-40-36-48(37-41-56)57-42-38-55(46-64(57)67(49-22-7-2-8-23-49)50-24-9-3-10-25-50)69-61-33-15-13-31-59(61)68(51-26-11-4-12-27-51)60-32-14-16-34-62(60)69/h1-46,67H. The van der Waals surface area contributed by atoms with Gasteiger partial charge in [-0.15, -0.1) is 0 Å². The quantitative estimate of drug-likeness (QED) is 0.101. The molecule has 0 aliphatic carbocycles. The van der Waals surface area contributed by atoms with Gasteiger partial charge < -0.3 is 4.57 Å². The zero-order valence-corrected chi connectivity index (χ0v) is 38.6. The van der Waals surface area contributed by atoms with Crippen molar-refractivity contribution in [2.75, 3.05) is 0 Å². The second-order valence-electron chi connectivity index (χ2n) is 18.3. The third kappa shape index (κ3) is 7.19. The first-order chi connectivity index (χ1) is 34.7. The predicted molar refractivity (Wildman–Crippen MR) is 297 cm³/mol. The minimum absolute atomic E-state index is 0.0157. The van der Waals surface area contributed by atoms with E-state index in [1.165, 1.54) is 116 Å². The Morgan fingerprint density at radius 3 is 1.27 bits per heavy atom. The van der Waals surface area contributed by atoms with Crippen LogP contribution >= 0.6 is 0 Å². The lowest BCUT2D eigenvalue weighted by molar-refractivity contribution is 0.980. The van der Waals surface area contributed by atoms with Crippen LogP contribution in [-0.2, 0) is 0 Å². The van der Waals surface area contributed by atoms with Gasteiger partial charge in [-0.2, -0.15) is 0 Å². The molecule has 0 unspecified atom stereocenters. The highest BCUT2D eigenvalue weighted by Gasteiger charge is 2.24. The number of hydrogen-bond donors (Lipinski definition) is 0. The molecule has 1 aromatic heterocycles. The molecule has 0 bridgehead atoms. The Morgan fingerprint density at radius 2 is 0.671 bits per heavy atom. The van der Waals surface area contributed by atoms with Crippen molar-refractivity contribution in [2.24, 2.45) is 0 Å². The number of rotatable bonds is 9. The third-order valence-electron chi connectivity index (χ3n) is 14.3. The summed E-state index contributed by atoms with van der Waals surface area (Å²) in [4.78, 5) is 0. The Kier molecular flexibility index (Phi) is 10.3. The van der Waals surface area contributed by atoms with Crippen molar-refractivity contribution in [3.63, 3.8) is 0 Å². The molecule has 0 aliphatic rings. The van der Waals surface area contributed by atoms with Gasteiger partial charge in [0.05, 0.1) is 11.0 Å². The smallest absolute Gasteiger partial charge is 0.0541 e. The lowest BCUT2D eigenvalue weighted by Crippen LogP contribution is -2.06. The molecule has 0 N–H and O–H groups in total. The summed E-state index contributed by atoms with van der Waals surface area (Å²) in [5.41, 5.74) is 19.5. The predicted octanol–water partition coefficient (Wildman–Crippen LogP) is 18.6. The number of hydrogen-bond acceptors (Lipinski definition) is 0. The van der Waals surface area contributed by atoms with Crippen molar-refractivity contribution in [1.82, 2.24) is 4.57 Å². The molecule has 0 saturated carbocycles. The average Bonchev–Trinajstić information content (AvgIpc) is 3.77. The van der Waals surface area contributed by atoms with E-state index < -0.39 is 0 Å². The lowest BCUT2D eigenvalue weighted by atomic mass is 9.79. The molecule has 70 heavy (non-hydrogen) atoms. The first-order valence-electron chi connectivity index (χ1n) is 24.3. The fourth-order valence-electron chi connectivity index (χ4n) is 11.1. The Balaban J connectivity index is 0.975. The molecule has 0 fully saturated rings. The van der Waals surface area contributed by atoms with E-state index in [9.17, 15) is 0 Å². The Morgan fingerprint density at radius 1 is 0.243 bits per heavy atom. The molecule has 12 aromatic carbocycles. The number of fused-ring (bicyclic) bond motifs is 5. The third-order valence-corrected chi connectivity index (χ3v) is 14.3. The van der Waals surface area contributed by atoms with Crippen LogP contribution in [-0.4, -0.2) is 4.57 Å². The van der Waals surface area contributed by atoms with E-state index in [0.29, 0.717) is 0 Å². The van der Waals surface area contributed by atoms with Gasteiger partial charge in [-0.05, 0) is 136 Å². The molecular formula is C69H47N. The minimum atomic E-state index is -0.0157. The highest BCUT2D eigenvalue weighted by molar-refractivity contribution is 6.21. The van der Waals surface area contributed by atoms with Crippen LogP contribution in [0.15, 0.2) is 279 Å². The van der Waals surface area contributed by atoms with E-state index in [1.807, 2.05) is 0 Å². The minimum Gasteiger partial charge on any atom is -0.309 e. The Bertz CT molecular complexity index is 3920. The maximum Gasteiger partial charge on any atom is 0.0541 e. The number of benzene rings is 12. The van der Waals surface area contributed by atoms with Crippen LogP contribution in [0.4, 0.5) is 0 Å². The molecule has 0 aliphatic heterocycles. The summed E-state index contributed by atoms with van der Waals surface area (Å²) in [5, 5.41) is 7.49. The lowest BCUT2D eigenvalue weighted by Gasteiger charge is -2.24. The monoisotopic (exact) mass is 889 g/mol. The fraction of sp³-hybridized carbons (Fsp3) is 0.0145. The SMILES string of the molecule is c1ccc(-c2cccc(-c3ccc4c(c3)c3ccccc3n4-c3ccc(-c4ccc(-c5c6ccccc6c(-c6ccccc6)c6ccccc56)cc4C(c4ccccc4)c4ccccc4)cc3)c2)cc1. The van der Waals surface area contributed by atoms with Crippen LogP contribution in [0.1, 0.15) is 22.6 Å². The summed E-state index contributed by atoms with van der Waals surface area (Å²) in [6, 6.07) is 103. The van der Waals surface area contributed by atoms with Crippen molar-refractivity contribution in [3.05, 3.63) is 296 Å². The van der Waals surface area contributed by atoms with Gasteiger partial charge in [0.15, 0.2) is 0 Å². The van der Waals surface area contributed by atoms with E-state index >= 15 is 0 Å². The molecule has 1 nitrogen and oxygen atoms in total. The van der Waals surface area contributed by atoms with Crippen molar-refractivity contribution >= 4 is 43.4 Å². The van der Waals surface area contributed by atoms with E-state index in [1.54, 1.807) is 0 Å². The summed E-state index contributed by atoms with van der Waals surface area (Å²) in [6.07, 6.45) is 0. The Hall–Kier alpha value is -9.04. The van der Waals surface area contributed by atoms with Crippen LogP contribution in [0.2, 0.25) is 0 Å². The van der Waals surface area contributed by atoms with Crippen LogP contribution < -0.4 is 0 Å². The van der Waals surface area contributed by atoms with E-state index in [0.717, 1.165) is 5.69 Å². The van der Waals surface area contributed by atoms with Gasteiger partial charge in [0, 0.05) is 22.4 Å². The second-order valence-corrected chi connectivity index (χ2v) is 18.3. The van der Waals surface area contributed by atoms with Crippen molar-refractivity contribution in [3.8, 4) is 61.3 Å². The van der Waals surface area contributed by atoms with Gasteiger partial charge in [0.2, 0.25) is 0 Å². The molecule has 13 rings (SSSR count). The van der Waals surface area contributed by atoms with Crippen molar-refractivity contribution < 1.29 is 0 Å². The zero-order valence-electron chi connectivity index (χ0n) is 38.6. The number of aromatic nitrogens is 1. The molecule has 0 atom stereocenters. The summed E-state index contributed by atoms with van der Waals surface area (Å²) >= 11 is 0. The highest BCUT2D eigenvalue weighted by atomic mass is 15.0.